The van der Waals surface area contributed by atoms with Gasteiger partial charge in [-0.25, -0.2) is 0 Å². The Morgan fingerprint density at radius 3 is 2.65 bits per heavy atom. The molecule has 1 heterocycles. The minimum absolute atomic E-state index is 0.00618. The second kappa shape index (κ2) is 3.46. The summed E-state index contributed by atoms with van der Waals surface area (Å²) in [6.45, 7) is 1.62. The molecule has 17 heavy (non-hydrogen) atoms. The summed E-state index contributed by atoms with van der Waals surface area (Å²) in [7, 11) is 0. The van der Waals surface area contributed by atoms with Crippen molar-refractivity contribution < 1.29 is 23.1 Å². The van der Waals surface area contributed by atoms with E-state index < -0.39 is 24.1 Å². The minimum atomic E-state index is -4.88. The van der Waals surface area contributed by atoms with Crippen molar-refractivity contribution in [3.05, 3.63) is 29.3 Å². The van der Waals surface area contributed by atoms with Crippen molar-refractivity contribution in [3.8, 4) is 0 Å². The first-order chi connectivity index (χ1) is 7.74. The van der Waals surface area contributed by atoms with Crippen molar-refractivity contribution in [3.63, 3.8) is 0 Å². The maximum absolute atomic E-state index is 12.9. The number of hydrogen-bond donors (Lipinski definition) is 2. The van der Waals surface area contributed by atoms with E-state index in [0.717, 1.165) is 0 Å². The fraction of sp³-hybridized carbons (Fsp3) is 0.364. The van der Waals surface area contributed by atoms with Crippen molar-refractivity contribution >= 4 is 11.6 Å². The Morgan fingerprint density at radius 2 is 2.06 bits per heavy atom. The summed E-state index contributed by atoms with van der Waals surface area (Å²) in [6, 6.07) is 4.17. The Balaban J connectivity index is 2.65. The molecule has 0 bridgehead atoms. The van der Waals surface area contributed by atoms with Crippen LogP contribution in [0.25, 0.3) is 0 Å². The van der Waals surface area contributed by atoms with Gasteiger partial charge in [0, 0.05) is 11.3 Å². The van der Waals surface area contributed by atoms with Gasteiger partial charge in [0.1, 0.15) is 0 Å². The SMILES string of the molecule is Cc1ccc2c(c1)C(O)(C(F)(F)F)CC(=O)N2. The summed E-state index contributed by atoms with van der Waals surface area (Å²) in [5, 5.41) is 12.1. The zero-order valence-corrected chi connectivity index (χ0v) is 8.93. The van der Waals surface area contributed by atoms with Gasteiger partial charge in [0.05, 0.1) is 6.42 Å². The molecule has 1 aromatic rings. The molecule has 2 rings (SSSR count). The Labute approximate surface area is 95.3 Å². The van der Waals surface area contributed by atoms with Gasteiger partial charge < -0.3 is 10.4 Å². The first-order valence-electron chi connectivity index (χ1n) is 4.94. The van der Waals surface area contributed by atoms with Gasteiger partial charge in [-0.2, -0.15) is 13.2 Å². The Hall–Kier alpha value is -1.56. The van der Waals surface area contributed by atoms with E-state index in [2.05, 4.69) is 5.32 Å². The van der Waals surface area contributed by atoms with Crippen LogP contribution in [0.3, 0.4) is 0 Å². The van der Waals surface area contributed by atoms with Crippen molar-refractivity contribution in [1.29, 1.82) is 0 Å². The van der Waals surface area contributed by atoms with Crippen LogP contribution in [0.15, 0.2) is 18.2 Å². The van der Waals surface area contributed by atoms with Crippen molar-refractivity contribution in [1.82, 2.24) is 0 Å². The maximum atomic E-state index is 12.9. The molecule has 1 amide bonds. The van der Waals surface area contributed by atoms with Crippen LogP contribution in [-0.2, 0) is 10.4 Å². The number of rotatable bonds is 0. The molecule has 1 aliphatic heterocycles. The van der Waals surface area contributed by atoms with E-state index in [1.165, 1.54) is 12.1 Å². The van der Waals surface area contributed by atoms with E-state index in [1.807, 2.05) is 0 Å². The van der Waals surface area contributed by atoms with Crippen LogP contribution in [0.1, 0.15) is 17.5 Å². The molecule has 0 radical (unpaired) electrons. The highest BCUT2D eigenvalue weighted by Gasteiger charge is 2.58. The number of nitrogens with one attached hydrogen (secondary N) is 1. The molecule has 6 heteroatoms. The van der Waals surface area contributed by atoms with Crippen molar-refractivity contribution in [2.24, 2.45) is 0 Å². The molecule has 0 saturated heterocycles. The maximum Gasteiger partial charge on any atom is 0.422 e. The van der Waals surface area contributed by atoms with E-state index in [0.29, 0.717) is 5.56 Å². The van der Waals surface area contributed by atoms with Gasteiger partial charge in [-0.3, -0.25) is 4.79 Å². The molecule has 0 fully saturated rings. The van der Waals surface area contributed by atoms with E-state index >= 15 is 0 Å². The number of alkyl halides is 3. The fourth-order valence-corrected chi connectivity index (χ4v) is 1.88. The monoisotopic (exact) mass is 245 g/mol. The van der Waals surface area contributed by atoms with Crippen LogP contribution in [-0.4, -0.2) is 17.2 Å². The second-order valence-corrected chi connectivity index (χ2v) is 4.13. The van der Waals surface area contributed by atoms with E-state index in [1.54, 1.807) is 13.0 Å². The fourth-order valence-electron chi connectivity index (χ4n) is 1.88. The Bertz CT molecular complexity index is 484. The number of halogens is 3. The molecule has 92 valence electrons. The Morgan fingerprint density at radius 1 is 1.41 bits per heavy atom. The number of anilines is 1. The topological polar surface area (TPSA) is 49.3 Å². The number of aryl methyl sites for hydroxylation is 1. The molecule has 1 aliphatic rings. The molecule has 1 atom stereocenters. The minimum Gasteiger partial charge on any atom is -0.376 e. The van der Waals surface area contributed by atoms with Gasteiger partial charge in [-0.1, -0.05) is 17.7 Å². The number of fused-ring (bicyclic) bond motifs is 1. The summed E-state index contributed by atoms with van der Waals surface area (Å²) in [6.07, 6.45) is -5.89. The zero-order valence-electron chi connectivity index (χ0n) is 8.93. The highest BCUT2D eigenvalue weighted by Crippen LogP contribution is 2.46. The lowest BCUT2D eigenvalue weighted by Gasteiger charge is -2.35. The quantitative estimate of drug-likeness (QED) is 0.735. The van der Waals surface area contributed by atoms with Crippen LogP contribution >= 0.6 is 0 Å². The molecule has 0 aliphatic carbocycles. The highest BCUT2D eigenvalue weighted by atomic mass is 19.4. The third kappa shape index (κ3) is 1.78. The smallest absolute Gasteiger partial charge is 0.376 e. The van der Waals surface area contributed by atoms with Gasteiger partial charge in [-0.15, -0.1) is 0 Å². The van der Waals surface area contributed by atoms with Crippen molar-refractivity contribution in [2.75, 3.05) is 5.32 Å². The number of benzene rings is 1. The van der Waals surface area contributed by atoms with Crippen molar-refractivity contribution in [2.45, 2.75) is 25.1 Å². The molecule has 0 spiro atoms. The van der Waals surface area contributed by atoms with Gasteiger partial charge in [0.2, 0.25) is 5.91 Å². The molecule has 1 unspecified atom stereocenters. The summed E-state index contributed by atoms with van der Waals surface area (Å²) in [5.74, 6) is -0.846. The Kier molecular flexibility index (Phi) is 2.43. The number of aliphatic hydroxyl groups is 1. The predicted molar refractivity (Wildman–Crippen MR) is 54.4 cm³/mol. The van der Waals surface area contributed by atoms with Crippen LogP contribution in [0, 0.1) is 6.92 Å². The van der Waals surface area contributed by atoms with E-state index in [-0.39, 0.29) is 11.3 Å². The molecule has 3 nitrogen and oxygen atoms in total. The summed E-state index contributed by atoms with van der Waals surface area (Å²) in [4.78, 5) is 11.2. The summed E-state index contributed by atoms with van der Waals surface area (Å²) in [5.41, 5.74) is -2.81. The van der Waals surface area contributed by atoms with Gasteiger partial charge >= 0.3 is 6.18 Å². The number of amides is 1. The number of carbonyl (C=O) groups excluding carboxylic acids is 1. The van der Waals surface area contributed by atoms with Crippen LogP contribution < -0.4 is 5.32 Å². The normalized spacial score (nSPS) is 24.2. The first kappa shape index (κ1) is 11.9. The standard InChI is InChI=1S/C11H10F3NO2/c1-6-2-3-8-7(4-6)10(17,11(12,13)14)5-9(16)15-8/h2-4,17H,5H2,1H3,(H,15,16). The second-order valence-electron chi connectivity index (χ2n) is 4.13. The third-order valence-corrected chi connectivity index (χ3v) is 2.78. The summed E-state index contributed by atoms with van der Waals surface area (Å²) < 4.78 is 38.6. The highest BCUT2D eigenvalue weighted by molar-refractivity contribution is 5.95. The number of hydrogen-bond acceptors (Lipinski definition) is 2. The molecular weight excluding hydrogens is 235 g/mol. The van der Waals surface area contributed by atoms with Crippen LogP contribution in [0.5, 0.6) is 0 Å². The number of carbonyl (C=O) groups is 1. The zero-order chi connectivity index (χ0) is 12.8. The van der Waals surface area contributed by atoms with Gasteiger partial charge in [0.25, 0.3) is 0 Å². The summed E-state index contributed by atoms with van der Waals surface area (Å²) >= 11 is 0. The average molecular weight is 245 g/mol. The molecule has 0 aromatic heterocycles. The first-order valence-corrected chi connectivity index (χ1v) is 4.94. The lowest BCUT2D eigenvalue weighted by atomic mass is 9.84. The predicted octanol–water partition coefficient (Wildman–Crippen LogP) is 2.09. The molecule has 1 aromatic carbocycles. The molecule has 2 N–H and O–H groups in total. The molecular formula is C11H10F3NO2. The lowest BCUT2D eigenvalue weighted by molar-refractivity contribution is -0.267. The molecule has 0 saturated carbocycles. The van der Waals surface area contributed by atoms with E-state index in [4.69, 9.17) is 0 Å². The van der Waals surface area contributed by atoms with Gasteiger partial charge in [-0.05, 0) is 13.0 Å². The van der Waals surface area contributed by atoms with Gasteiger partial charge in [0.15, 0.2) is 5.60 Å². The lowest BCUT2D eigenvalue weighted by Crippen LogP contribution is -2.48. The largest absolute Gasteiger partial charge is 0.422 e. The third-order valence-electron chi connectivity index (χ3n) is 2.78. The van der Waals surface area contributed by atoms with Crippen LogP contribution in [0.2, 0.25) is 0 Å². The van der Waals surface area contributed by atoms with E-state index in [9.17, 15) is 23.1 Å². The average Bonchev–Trinajstić information content (AvgIpc) is 2.17. The van der Waals surface area contributed by atoms with Crippen LogP contribution in [0.4, 0.5) is 18.9 Å².